The summed E-state index contributed by atoms with van der Waals surface area (Å²) in [5.74, 6) is 1.67. The van der Waals surface area contributed by atoms with Crippen molar-refractivity contribution in [2.75, 3.05) is 19.6 Å². The molecule has 1 aromatic heterocycles. The zero-order chi connectivity index (χ0) is 17.1. The molecule has 25 heavy (non-hydrogen) atoms. The molecule has 2 saturated heterocycles. The normalized spacial score (nSPS) is 21.3. The minimum Gasteiger partial charge on any atom is -0.339 e. The number of carbonyl (C=O) groups is 1. The first-order valence-electron chi connectivity index (χ1n) is 9.37. The van der Waals surface area contributed by atoms with Gasteiger partial charge in [-0.3, -0.25) is 9.89 Å². The topological polar surface area (TPSA) is 73.9 Å². The highest BCUT2D eigenvalue weighted by Gasteiger charge is 2.21. The molecule has 0 aliphatic carbocycles. The SMILES string of the molecule is O=C(c1cccc(-c2n[nH]c([C@H]3CCCCN3)n2)c1)N1CCCCC1. The quantitative estimate of drug-likeness (QED) is 0.902. The van der Waals surface area contributed by atoms with Crippen LogP contribution in [0.2, 0.25) is 0 Å². The average Bonchev–Trinajstić information content (AvgIpc) is 3.19. The number of hydrogen-bond acceptors (Lipinski definition) is 4. The zero-order valence-electron chi connectivity index (χ0n) is 14.5. The summed E-state index contributed by atoms with van der Waals surface area (Å²) in [5.41, 5.74) is 1.61. The maximum absolute atomic E-state index is 12.7. The van der Waals surface area contributed by atoms with E-state index in [-0.39, 0.29) is 11.9 Å². The lowest BCUT2D eigenvalue weighted by atomic mass is 10.0. The molecule has 2 aliphatic heterocycles. The maximum Gasteiger partial charge on any atom is 0.253 e. The van der Waals surface area contributed by atoms with Gasteiger partial charge < -0.3 is 10.2 Å². The van der Waals surface area contributed by atoms with Crippen LogP contribution in [0.3, 0.4) is 0 Å². The van der Waals surface area contributed by atoms with Crippen LogP contribution in [0.5, 0.6) is 0 Å². The van der Waals surface area contributed by atoms with Gasteiger partial charge in [0, 0.05) is 24.2 Å². The molecule has 0 unspecified atom stereocenters. The van der Waals surface area contributed by atoms with Crippen LogP contribution in [-0.2, 0) is 0 Å². The van der Waals surface area contributed by atoms with Gasteiger partial charge in [-0.1, -0.05) is 18.6 Å². The predicted octanol–water partition coefficient (Wildman–Crippen LogP) is 2.91. The second-order valence-corrected chi connectivity index (χ2v) is 6.98. The number of aromatic amines is 1. The van der Waals surface area contributed by atoms with Crippen molar-refractivity contribution in [2.45, 2.75) is 44.6 Å². The molecule has 2 aliphatic rings. The third-order valence-corrected chi connectivity index (χ3v) is 5.15. The van der Waals surface area contributed by atoms with E-state index in [9.17, 15) is 4.79 Å². The highest BCUT2D eigenvalue weighted by atomic mass is 16.2. The lowest BCUT2D eigenvalue weighted by molar-refractivity contribution is 0.0724. The summed E-state index contributed by atoms with van der Waals surface area (Å²) in [7, 11) is 0. The standard InChI is InChI=1S/C19H25N5O/c25-19(24-11-4-1-5-12-24)15-8-6-7-14(13-15)17-21-18(23-22-17)16-9-2-3-10-20-16/h6-8,13,16,20H,1-5,9-12H2,(H,21,22,23)/t16-/m1/s1. The third kappa shape index (κ3) is 3.58. The van der Waals surface area contributed by atoms with Gasteiger partial charge in [0.15, 0.2) is 5.82 Å². The lowest BCUT2D eigenvalue weighted by Gasteiger charge is -2.26. The molecule has 2 N–H and O–H groups in total. The number of carbonyl (C=O) groups excluding carboxylic acids is 1. The Hall–Kier alpha value is -2.21. The Morgan fingerprint density at radius 1 is 1.12 bits per heavy atom. The van der Waals surface area contributed by atoms with Gasteiger partial charge in [-0.05, 0) is 50.8 Å². The van der Waals surface area contributed by atoms with Crippen molar-refractivity contribution in [3.63, 3.8) is 0 Å². The van der Waals surface area contributed by atoms with Gasteiger partial charge >= 0.3 is 0 Å². The van der Waals surface area contributed by atoms with Gasteiger partial charge in [-0.15, -0.1) is 0 Å². The van der Waals surface area contributed by atoms with E-state index in [0.717, 1.165) is 55.8 Å². The summed E-state index contributed by atoms with van der Waals surface area (Å²) >= 11 is 0. The zero-order valence-corrected chi connectivity index (χ0v) is 14.5. The summed E-state index contributed by atoms with van der Waals surface area (Å²) < 4.78 is 0. The number of hydrogen-bond donors (Lipinski definition) is 2. The van der Waals surface area contributed by atoms with Gasteiger partial charge in [-0.25, -0.2) is 4.98 Å². The van der Waals surface area contributed by atoms with E-state index in [4.69, 9.17) is 0 Å². The van der Waals surface area contributed by atoms with Gasteiger partial charge in [0.2, 0.25) is 0 Å². The number of nitrogens with one attached hydrogen (secondary N) is 2. The number of amides is 1. The van der Waals surface area contributed by atoms with Crippen molar-refractivity contribution in [3.05, 3.63) is 35.7 Å². The van der Waals surface area contributed by atoms with Gasteiger partial charge in [0.05, 0.1) is 6.04 Å². The average molecular weight is 339 g/mol. The largest absolute Gasteiger partial charge is 0.339 e. The number of benzene rings is 1. The minimum absolute atomic E-state index is 0.117. The van der Waals surface area contributed by atoms with Crippen molar-refractivity contribution in [2.24, 2.45) is 0 Å². The molecule has 0 spiro atoms. The van der Waals surface area contributed by atoms with Crippen molar-refractivity contribution >= 4 is 5.91 Å². The molecule has 2 aromatic rings. The molecule has 6 nitrogen and oxygen atoms in total. The number of aromatic nitrogens is 3. The lowest BCUT2D eigenvalue weighted by Crippen LogP contribution is -2.35. The van der Waals surface area contributed by atoms with E-state index >= 15 is 0 Å². The van der Waals surface area contributed by atoms with E-state index in [0.29, 0.717) is 5.82 Å². The molecular weight excluding hydrogens is 314 g/mol. The third-order valence-electron chi connectivity index (χ3n) is 5.15. The number of likely N-dealkylation sites (tertiary alicyclic amines) is 1. The molecule has 1 atom stereocenters. The second-order valence-electron chi connectivity index (χ2n) is 6.98. The Kier molecular flexibility index (Phi) is 4.78. The van der Waals surface area contributed by atoms with Gasteiger partial charge in [0.25, 0.3) is 5.91 Å². The highest BCUT2D eigenvalue weighted by Crippen LogP contribution is 2.23. The Balaban J connectivity index is 1.53. The van der Waals surface area contributed by atoms with Gasteiger partial charge in [-0.2, -0.15) is 5.10 Å². The van der Waals surface area contributed by atoms with Crippen molar-refractivity contribution < 1.29 is 4.79 Å². The number of piperidine rings is 2. The van der Waals surface area contributed by atoms with Crippen LogP contribution in [0.4, 0.5) is 0 Å². The summed E-state index contributed by atoms with van der Waals surface area (Å²) in [6.07, 6.45) is 6.95. The van der Waals surface area contributed by atoms with E-state index in [1.54, 1.807) is 0 Å². The summed E-state index contributed by atoms with van der Waals surface area (Å²) in [6.45, 7) is 2.75. The van der Waals surface area contributed by atoms with Crippen LogP contribution in [0.15, 0.2) is 24.3 Å². The maximum atomic E-state index is 12.7. The monoisotopic (exact) mass is 339 g/mol. The summed E-state index contributed by atoms with van der Waals surface area (Å²) in [6, 6.07) is 7.94. The Labute approximate surface area is 148 Å². The van der Waals surface area contributed by atoms with E-state index < -0.39 is 0 Å². The summed E-state index contributed by atoms with van der Waals surface area (Å²) in [5, 5.41) is 10.9. The summed E-state index contributed by atoms with van der Waals surface area (Å²) in [4.78, 5) is 19.3. The first kappa shape index (κ1) is 16.3. The molecule has 0 bridgehead atoms. The molecular formula is C19H25N5O. The first-order chi connectivity index (χ1) is 12.3. The van der Waals surface area contributed by atoms with Crippen molar-refractivity contribution in [1.82, 2.24) is 25.4 Å². The van der Waals surface area contributed by atoms with Crippen LogP contribution in [0.1, 0.15) is 60.7 Å². The molecule has 0 radical (unpaired) electrons. The fraction of sp³-hybridized carbons (Fsp3) is 0.526. The van der Waals surface area contributed by atoms with Crippen LogP contribution < -0.4 is 5.32 Å². The predicted molar refractivity (Wildman–Crippen MR) is 96.2 cm³/mol. The smallest absolute Gasteiger partial charge is 0.253 e. The van der Waals surface area contributed by atoms with Crippen LogP contribution in [0.25, 0.3) is 11.4 Å². The molecule has 1 aromatic carbocycles. The minimum atomic E-state index is 0.117. The fourth-order valence-corrected chi connectivity index (χ4v) is 3.72. The Morgan fingerprint density at radius 3 is 2.80 bits per heavy atom. The molecule has 2 fully saturated rings. The fourth-order valence-electron chi connectivity index (χ4n) is 3.72. The van der Waals surface area contributed by atoms with E-state index in [1.165, 1.54) is 19.3 Å². The molecule has 0 saturated carbocycles. The second kappa shape index (κ2) is 7.35. The van der Waals surface area contributed by atoms with Crippen LogP contribution >= 0.6 is 0 Å². The molecule has 132 valence electrons. The van der Waals surface area contributed by atoms with Crippen LogP contribution in [0, 0.1) is 0 Å². The first-order valence-corrected chi connectivity index (χ1v) is 9.37. The van der Waals surface area contributed by atoms with Gasteiger partial charge in [0.1, 0.15) is 5.82 Å². The Bertz CT molecular complexity index is 729. The molecule has 4 rings (SSSR count). The number of rotatable bonds is 3. The van der Waals surface area contributed by atoms with Crippen molar-refractivity contribution in [1.29, 1.82) is 0 Å². The molecule has 3 heterocycles. The molecule has 6 heteroatoms. The highest BCUT2D eigenvalue weighted by molar-refractivity contribution is 5.95. The van der Waals surface area contributed by atoms with E-state index in [2.05, 4.69) is 20.5 Å². The molecule has 1 amide bonds. The van der Waals surface area contributed by atoms with Crippen LogP contribution in [-0.4, -0.2) is 45.6 Å². The van der Waals surface area contributed by atoms with E-state index in [1.807, 2.05) is 29.2 Å². The number of nitrogens with zero attached hydrogens (tertiary/aromatic N) is 3. The van der Waals surface area contributed by atoms with Crippen molar-refractivity contribution in [3.8, 4) is 11.4 Å². The Morgan fingerprint density at radius 2 is 2.00 bits per heavy atom. The number of H-pyrrole nitrogens is 1.